The van der Waals surface area contributed by atoms with Crippen molar-refractivity contribution in [3.63, 3.8) is 0 Å². The smallest absolute Gasteiger partial charge is 0.303 e. The third-order valence-corrected chi connectivity index (χ3v) is 4.60. The van der Waals surface area contributed by atoms with Crippen LogP contribution in [-0.4, -0.2) is 62.3 Å². The van der Waals surface area contributed by atoms with E-state index in [1.807, 2.05) is 0 Å². The molecular weight excluding hydrogens is 445 g/mol. The molecule has 0 bridgehead atoms. The molecule has 2 aromatic rings. The highest BCUT2D eigenvalue weighted by molar-refractivity contribution is 6.34. The Morgan fingerprint density at radius 2 is 1.67 bits per heavy atom. The summed E-state index contributed by atoms with van der Waals surface area (Å²) >= 11 is 12.3. The van der Waals surface area contributed by atoms with Gasteiger partial charge in [0, 0.05) is 20.8 Å². The fraction of sp³-hybridized carbons (Fsp3) is 0.500. The number of fused-ring (bicyclic) bond motifs is 1. The number of rotatable bonds is 5. The summed E-state index contributed by atoms with van der Waals surface area (Å²) in [6.45, 7) is 3.28. The Bertz CT molecular complexity index is 1010. The van der Waals surface area contributed by atoms with Crippen molar-refractivity contribution in [1.82, 2.24) is 19.5 Å². The maximum atomic E-state index is 11.7. The van der Waals surface area contributed by atoms with Crippen LogP contribution in [-0.2, 0) is 33.3 Å². The first kappa shape index (κ1) is 22.0. The molecule has 0 radical (unpaired) electrons. The lowest BCUT2D eigenvalue weighted by Crippen LogP contribution is -2.40. The summed E-state index contributed by atoms with van der Waals surface area (Å²) in [7, 11) is 0. The van der Waals surface area contributed by atoms with Gasteiger partial charge in [-0.1, -0.05) is 11.6 Å². The number of carbonyl (C=O) groups is 3. The summed E-state index contributed by atoms with van der Waals surface area (Å²) in [4.78, 5) is 46.6. The average Bonchev–Trinajstić information content (AvgIpc) is 3.10. The Kier molecular flexibility index (Phi) is 6.29. The molecule has 3 rings (SSSR count). The van der Waals surface area contributed by atoms with Crippen LogP contribution in [0.3, 0.4) is 0 Å². The van der Waals surface area contributed by atoms with Crippen molar-refractivity contribution in [2.45, 2.75) is 45.3 Å². The number of carbonyl (C=O) groups excluding carboxylic acids is 3. The second-order valence-corrected chi connectivity index (χ2v) is 7.01. The number of anilines is 1. The molecule has 14 heteroatoms. The number of imidazole rings is 1. The highest BCUT2D eigenvalue weighted by Crippen LogP contribution is 2.38. The molecule has 30 heavy (non-hydrogen) atoms. The molecule has 0 spiro atoms. The Labute approximate surface area is 179 Å². The van der Waals surface area contributed by atoms with E-state index in [2.05, 4.69) is 15.0 Å². The summed E-state index contributed by atoms with van der Waals surface area (Å²) in [6, 6.07) is 0. The van der Waals surface area contributed by atoms with Gasteiger partial charge in [0.25, 0.3) is 0 Å². The first-order valence-electron chi connectivity index (χ1n) is 8.58. The minimum Gasteiger partial charge on any atom is -0.463 e. The second kappa shape index (κ2) is 8.58. The van der Waals surface area contributed by atoms with Gasteiger partial charge in [-0.05, 0) is 11.6 Å². The molecule has 162 valence electrons. The summed E-state index contributed by atoms with van der Waals surface area (Å²) < 4.78 is 22.9. The Morgan fingerprint density at radius 1 is 1.03 bits per heavy atom. The molecule has 0 saturated carbocycles. The van der Waals surface area contributed by atoms with Crippen LogP contribution >= 0.6 is 23.2 Å². The van der Waals surface area contributed by atoms with E-state index in [1.165, 1.54) is 25.3 Å². The van der Waals surface area contributed by atoms with Gasteiger partial charge in [-0.2, -0.15) is 9.97 Å². The number of esters is 3. The third-order valence-electron chi connectivity index (χ3n) is 4.07. The van der Waals surface area contributed by atoms with E-state index < -0.39 is 42.4 Å². The van der Waals surface area contributed by atoms with E-state index >= 15 is 0 Å². The molecule has 0 amide bonds. The Balaban J connectivity index is 2.10. The van der Waals surface area contributed by atoms with Gasteiger partial charge in [-0.3, -0.25) is 19.0 Å². The molecule has 1 saturated heterocycles. The van der Waals surface area contributed by atoms with Crippen LogP contribution in [0.1, 0.15) is 27.0 Å². The zero-order valence-corrected chi connectivity index (χ0v) is 17.5. The van der Waals surface area contributed by atoms with Crippen molar-refractivity contribution in [1.29, 1.82) is 0 Å². The average molecular weight is 462 g/mol. The molecule has 0 aromatic carbocycles. The van der Waals surface area contributed by atoms with Gasteiger partial charge < -0.3 is 24.7 Å². The minimum absolute atomic E-state index is 0.0480. The van der Waals surface area contributed by atoms with Gasteiger partial charge in [0.1, 0.15) is 18.2 Å². The molecule has 4 unspecified atom stereocenters. The number of nitrogen functional groups attached to an aromatic ring is 1. The van der Waals surface area contributed by atoms with E-state index in [0.29, 0.717) is 0 Å². The summed E-state index contributed by atoms with van der Waals surface area (Å²) in [5.41, 5.74) is 5.91. The number of ether oxygens (including phenoxy) is 4. The van der Waals surface area contributed by atoms with Crippen molar-refractivity contribution in [3.8, 4) is 0 Å². The maximum absolute atomic E-state index is 11.7. The number of hydrogen-bond donors (Lipinski definition) is 1. The fourth-order valence-electron chi connectivity index (χ4n) is 3.06. The van der Waals surface area contributed by atoms with E-state index in [-0.39, 0.29) is 34.2 Å². The van der Waals surface area contributed by atoms with Crippen molar-refractivity contribution in [2.75, 3.05) is 12.3 Å². The molecule has 1 aliphatic rings. The minimum atomic E-state index is -1.17. The molecule has 3 heterocycles. The van der Waals surface area contributed by atoms with Gasteiger partial charge in [-0.25, -0.2) is 4.98 Å². The number of hydrogen-bond acceptors (Lipinski definition) is 11. The van der Waals surface area contributed by atoms with Crippen LogP contribution in [0.4, 0.5) is 5.95 Å². The highest BCUT2D eigenvalue weighted by Gasteiger charge is 2.51. The third kappa shape index (κ3) is 4.40. The predicted molar refractivity (Wildman–Crippen MR) is 101 cm³/mol. The molecule has 4 atom stereocenters. The Hall–Kier alpha value is -2.70. The lowest BCUT2D eigenvalue weighted by atomic mass is 10.1. The normalized spacial score (nSPS) is 23.4. The molecular formula is C16H17Cl2N5O7. The number of nitrogens with zero attached hydrogens (tertiary/aromatic N) is 4. The Morgan fingerprint density at radius 3 is 2.27 bits per heavy atom. The van der Waals surface area contributed by atoms with E-state index in [9.17, 15) is 14.4 Å². The van der Waals surface area contributed by atoms with Crippen molar-refractivity contribution in [3.05, 3.63) is 10.4 Å². The quantitative estimate of drug-likeness (QED) is 0.293. The first-order valence-corrected chi connectivity index (χ1v) is 9.33. The van der Waals surface area contributed by atoms with Gasteiger partial charge in [0.2, 0.25) is 11.2 Å². The number of aromatic nitrogens is 4. The van der Waals surface area contributed by atoms with Gasteiger partial charge >= 0.3 is 17.9 Å². The zero-order chi connectivity index (χ0) is 22.2. The van der Waals surface area contributed by atoms with Crippen LogP contribution in [0.5, 0.6) is 0 Å². The lowest BCUT2D eigenvalue weighted by Gasteiger charge is -2.24. The van der Waals surface area contributed by atoms with E-state index in [4.69, 9.17) is 47.9 Å². The molecule has 1 fully saturated rings. The summed E-state index contributed by atoms with van der Waals surface area (Å²) in [5.74, 6) is -2.07. The zero-order valence-electron chi connectivity index (χ0n) is 16.0. The van der Waals surface area contributed by atoms with Crippen molar-refractivity contribution in [2.24, 2.45) is 0 Å². The molecule has 12 nitrogen and oxygen atoms in total. The number of halogens is 2. The SMILES string of the molecule is CC(=O)OCC1OC(n2c(Cl)nc3c(Cl)nc(N)nc32)C(OC(C)=O)C1OC(C)=O. The summed E-state index contributed by atoms with van der Waals surface area (Å²) in [6.07, 6.45) is -4.41. The van der Waals surface area contributed by atoms with Gasteiger partial charge in [0.15, 0.2) is 29.2 Å². The van der Waals surface area contributed by atoms with Crippen LogP contribution < -0.4 is 5.73 Å². The molecule has 2 aromatic heterocycles. The van der Waals surface area contributed by atoms with Crippen LogP contribution in [0.25, 0.3) is 11.2 Å². The fourth-order valence-corrected chi connectivity index (χ4v) is 3.53. The first-order chi connectivity index (χ1) is 14.1. The van der Waals surface area contributed by atoms with Gasteiger partial charge in [0.05, 0.1) is 0 Å². The van der Waals surface area contributed by atoms with E-state index in [1.54, 1.807) is 0 Å². The highest BCUT2D eigenvalue weighted by atomic mass is 35.5. The summed E-state index contributed by atoms with van der Waals surface area (Å²) in [5, 5.41) is -0.170. The largest absolute Gasteiger partial charge is 0.463 e. The molecule has 1 aliphatic heterocycles. The monoisotopic (exact) mass is 461 g/mol. The lowest BCUT2D eigenvalue weighted by molar-refractivity contribution is -0.166. The van der Waals surface area contributed by atoms with Crippen molar-refractivity contribution < 1.29 is 33.3 Å². The van der Waals surface area contributed by atoms with Crippen LogP contribution in [0, 0.1) is 0 Å². The predicted octanol–water partition coefficient (Wildman–Crippen LogP) is 1.04. The topological polar surface area (TPSA) is 158 Å². The second-order valence-electron chi connectivity index (χ2n) is 6.31. The standard InChI is InChI=1S/C16H17Cl2N5O7/c1-5(24)27-4-8-10(28-6(2)25)11(29-7(3)26)14(30-8)23-13-9(20-15(23)18)12(17)21-16(19)22-13/h8,10-11,14H,4H2,1-3H3,(H2,19,21,22). The van der Waals surface area contributed by atoms with Crippen molar-refractivity contribution >= 4 is 58.2 Å². The maximum Gasteiger partial charge on any atom is 0.303 e. The number of nitrogens with two attached hydrogens (primary N) is 1. The van der Waals surface area contributed by atoms with Crippen LogP contribution in [0.2, 0.25) is 10.4 Å². The molecule has 2 N–H and O–H groups in total. The van der Waals surface area contributed by atoms with Crippen LogP contribution in [0.15, 0.2) is 0 Å². The van der Waals surface area contributed by atoms with Gasteiger partial charge in [-0.15, -0.1) is 0 Å². The molecule has 0 aliphatic carbocycles. The van der Waals surface area contributed by atoms with E-state index in [0.717, 1.165) is 0 Å².